The molecule has 2 aromatic rings. The number of hydrogen-bond donors (Lipinski definition) is 1. The SMILES string of the molecule is Cc1ccc(SCC(=O)N(Cc2c(Cl)cccc2Cl)[C@H](C)C(=O)NC(C)(C)C)cc1. The summed E-state index contributed by atoms with van der Waals surface area (Å²) in [6.07, 6.45) is 0. The van der Waals surface area contributed by atoms with Crippen LogP contribution in [-0.2, 0) is 16.1 Å². The van der Waals surface area contributed by atoms with Crippen LogP contribution in [0.5, 0.6) is 0 Å². The van der Waals surface area contributed by atoms with E-state index in [-0.39, 0.29) is 24.1 Å². The largest absolute Gasteiger partial charge is 0.350 e. The Kier molecular flexibility index (Phi) is 8.65. The molecule has 0 radical (unpaired) electrons. The van der Waals surface area contributed by atoms with Crippen LogP contribution in [0.4, 0.5) is 0 Å². The Morgan fingerprint density at radius 3 is 2.17 bits per heavy atom. The van der Waals surface area contributed by atoms with Crippen molar-refractivity contribution in [2.75, 3.05) is 5.75 Å². The number of carbonyl (C=O) groups excluding carboxylic acids is 2. The van der Waals surface area contributed by atoms with Crippen molar-refractivity contribution in [3.8, 4) is 0 Å². The predicted molar refractivity (Wildman–Crippen MR) is 126 cm³/mol. The van der Waals surface area contributed by atoms with Gasteiger partial charge in [0.1, 0.15) is 6.04 Å². The lowest BCUT2D eigenvalue weighted by Gasteiger charge is -2.32. The number of aryl methyl sites for hydroxylation is 1. The molecule has 0 saturated heterocycles. The second-order valence-electron chi connectivity index (χ2n) is 8.24. The minimum Gasteiger partial charge on any atom is -0.350 e. The number of rotatable bonds is 7. The molecule has 4 nitrogen and oxygen atoms in total. The number of amides is 2. The van der Waals surface area contributed by atoms with Crippen molar-refractivity contribution in [1.82, 2.24) is 10.2 Å². The second kappa shape index (κ2) is 10.6. The van der Waals surface area contributed by atoms with E-state index in [2.05, 4.69) is 5.32 Å². The van der Waals surface area contributed by atoms with E-state index in [0.717, 1.165) is 10.5 Å². The number of halogens is 2. The minimum absolute atomic E-state index is 0.157. The maximum atomic E-state index is 13.2. The highest BCUT2D eigenvalue weighted by Gasteiger charge is 2.29. The van der Waals surface area contributed by atoms with Crippen LogP contribution >= 0.6 is 35.0 Å². The molecule has 0 aliphatic heterocycles. The second-order valence-corrected chi connectivity index (χ2v) is 10.1. The summed E-state index contributed by atoms with van der Waals surface area (Å²) in [6.45, 7) is 9.61. The Bertz CT molecular complexity index is 875. The van der Waals surface area contributed by atoms with Crippen molar-refractivity contribution < 1.29 is 9.59 Å². The van der Waals surface area contributed by atoms with Crippen molar-refractivity contribution >= 4 is 46.8 Å². The van der Waals surface area contributed by atoms with Crippen molar-refractivity contribution in [3.63, 3.8) is 0 Å². The standard InChI is InChI=1S/C23H28Cl2N2O2S/c1-15-9-11-17(12-10-15)30-14-21(28)27(16(2)22(29)26-23(3,4)5)13-18-19(24)7-6-8-20(18)25/h6-12,16H,13-14H2,1-5H3,(H,26,29)/t16-/m1/s1. The van der Waals surface area contributed by atoms with Crippen LogP contribution in [0.25, 0.3) is 0 Å². The number of thioether (sulfide) groups is 1. The molecular weight excluding hydrogens is 439 g/mol. The first-order valence-corrected chi connectivity index (χ1v) is 11.5. The zero-order chi connectivity index (χ0) is 22.5. The third kappa shape index (κ3) is 7.22. The van der Waals surface area contributed by atoms with Crippen LogP contribution in [0.2, 0.25) is 10.0 Å². The summed E-state index contributed by atoms with van der Waals surface area (Å²) in [5.41, 5.74) is 1.39. The van der Waals surface area contributed by atoms with Crippen LogP contribution in [0, 0.1) is 6.92 Å². The van der Waals surface area contributed by atoms with Gasteiger partial charge in [-0.05, 0) is 58.9 Å². The summed E-state index contributed by atoms with van der Waals surface area (Å²) in [5, 5.41) is 3.88. The van der Waals surface area contributed by atoms with Gasteiger partial charge in [0.25, 0.3) is 0 Å². The Labute approximate surface area is 193 Å². The van der Waals surface area contributed by atoms with Gasteiger partial charge in [0.15, 0.2) is 0 Å². The molecule has 2 rings (SSSR count). The van der Waals surface area contributed by atoms with E-state index >= 15 is 0 Å². The van der Waals surface area contributed by atoms with E-state index in [1.54, 1.807) is 25.1 Å². The molecule has 0 fully saturated rings. The van der Waals surface area contributed by atoms with Gasteiger partial charge in [-0.15, -0.1) is 11.8 Å². The lowest BCUT2D eigenvalue weighted by atomic mass is 10.1. The molecule has 2 amide bonds. The van der Waals surface area contributed by atoms with Gasteiger partial charge < -0.3 is 10.2 Å². The molecule has 7 heteroatoms. The highest BCUT2D eigenvalue weighted by atomic mass is 35.5. The van der Waals surface area contributed by atoms with Crippen LogP contribution < -0.4 is 5.32 Å². The molecule has 0 aliphatic carbocycles. The Balaban J connectivity index is 2.23. The normalized spacial score (nSPS) is 12.4. The van der Waals surface area contributed by atoms with Gasteiger partial charge in [0.05, 0.1) is 5.75 Å². The predicted octanol–water partition coefficient (Wildman–Crippen LogP) is 5.73. The number of nitrogens with one attached hydrogen (secondary N) is 1. The van der Waals surface area contributed by atoms with Crippen LogP contribution in [-0.4, -0.2) is 34.0 Å². The summed E-state index contributed by atoms with van der Waals surface area (Å²) in [7, 11) is 0. The summed E-state index contributed by atoms with van der Waals surface area (Å²) in [5.74, 6) is -0.175. The summed E-state index contributed by atoms with van der Waals surface area (Å²) in [4.78, 5) is 28.5. The van der Waals surface area contributed by atoms with E-state index in [1.165, 1.54) is 16.7 Å². The monoisotopic (exact) mass is 466 g/mol. The lowest BCUT2D eigenvalue weighted by molar-refractivity contribution is -0.139. The van der Waals surface area contributed by atoms with Crippen LogP contribution in [0.15, 0.2) is 47.4 Å². The number of carbonyl (C=O) groups is 2. The van der Waals surface area contributed by atoms with Gasteiger partial charge in [-0.1, -0.05) is 47.0 Å². The van der Waals surface area contributed by atoms with Gasteiger partial charge in [-0.3, -0.25) is 9.59 Å². The molecule has 30 heavy (non-hydrogen) atoms. The molecule has 0 saturated carbocycles. The first-order valence-electron chi connectivity index (χ1n) is 9.72. The zero-order valence-electron chi connectivity index (χ0n) is 18.0. The smallest absolute Gasteiger partial charge is 0.242 e. The maximum Gasteiger partial charge on any atom is 0.242 e. The van der Waals surface area contributed by atoms with Gasteiger partial charge in [-0.25, -0.2) is 0 Å². The molecule has 162 valence electrons. The number of nitrogens with zero attached hydrogens (tertiary/aromatic N) is 1. The minimum atomic E-state index is -0.678. The fraction of sp³-hybridized carbons (Fsp3) is 0.391. The third-order valence-corrected chi connectivity index (χ3v) is 6.14. The Morgan fingerprint density at radius 2 is 1.63 bits per heavy atom. The fourth-order valence-electron chi connectivity index (χ4n) is 2.77. The highest BCUT2D eigenvalue weighted by molar-refractivity contribution is 8.00. The Hall–Kier alpha value is -1.69. The molecule has 0 bridgehead atoms. The summed E-state index contributed by atoms with van der Waals surface area (Å²) >= 11 is 14.1. The number of hydrogen-bond acceptors (Lipinski definition) is 3. The summed E-state index contributed by atoms with van der Waals surface area (Å²) < 4.78 is 0. The molecule has 0 unspecified atom stereocenters. The van der Waals surface area contributed by atoms with E-state index in [9.17, 15) is 9.59 Å². The van der Waals surface area contributed by atoms with Crippen molar-refractivity contribution in [3.05, 3.63) is 63.6 Å². The van der Waals surface area contributed by atoms with E-state index in [1.807, 2.05) is 52.0 Å². The molecule has 0 aliphatic rings. The molecule has 1 N–H and O–H groups in total. The quantitative estimate of drug-likeness (QED) is 0.530. The fourth-order valence-corrected chi connectivity index (χ4v) is 4.07. The maximum absolute atomic E-state index is 13.2. The number of benzene rings is 2. The molecule has 0 aromatic heterocycles. The topological polar surface area (TPSA) is 49.4 Å². The van der Waals surface area contributed by atoms with E-state index in [4.69, 9.17) is 23.2 Å². The third-order valence-electron chi connectivity index (χ3n) is 4.44. The van der Waals surface area contributed by atoms with Crippen molar-refractivity contribution in [2.45, 2.75) is 57.6 Å². The van der Waals surface area contributed by atoms with Crippen molar-refractivity contribution in [1.29, 1.82) is 0 Å². The first-order chi connectivity index (χ1) is 14.0. The average molecular weight is 467 g/mol. The molecule has 0 spiro atoms. The molecule has 0 heterocycles. The zero-order valence-corrected chi connectivity index (χ0v) is 20.3. The summed E-state index contributed by atoms with van der Waals surface area (Å²) in [6, 6.07) is 12.5. The molecular formula is C23H28Cl2N2O2S. The van der Waals surface area contributed by atoms with Crippen LogP contribution in [0.3, 0.4) is 0 Å². The van der Waals surface area contributed by atoms with Crippen molar-refractivity contribution in [2.24, 2.45) is 0 Å². The van der Waals surface area contributed by atoms with Crippen LogP contribution in [0.1, 0.15) is 38.8 Å². The Morgan fingerprint density at radius 1 is 1.07 bits per heavy atom. The highest BCUT2D eigenvalue weighted by Crippen LogP contribution is 2.27. The van der Waals surface area contributed by atoms with Gasteiger partial charge in [0.2, 0.25) is 11.8 Å². The lowest BCUT2D eigenvalue weighted by Crippen LogP contribution is -2.52. The van der Waals surface area contributed by atoms with Gasteiger partial charge in [0, 0.05) is 32.6 Å². The van der Waals surface area contributed by atoms with Gasteiger partial charge in [-0.2, -0.15) is 0 Å². The molecule has 2 aromatic carbocycles. The van der Waals surface area contributed by atoms with E-state index < -0.39 is 11.6 Å². The first kappa shape index (κ1) is 24.6. The average Bonchev–Trinajstić information content (AvgIpc) is 2.65. The van der Waals surface area contributed by atoms with E-state index in [0.29, 0.717) is 15.6 Å². The van der Waals surface area contributed by atoms with Gasteiger partial charge >= 0.3 is 0 Å². The molecule has 1 atom stereocenters.